The van der Waals surface area contributed by atoms with E-state index in [1.165, 1.54) is 6.07 Å². The van der Waals surface area contributed by atoms with E-state index in [-0.39, 0.29) is 17.8 Å². The molecule has 0 radical (unpaired) electrons. The number of rotatable bonds is 6. The maximum absolute atomic E-state index is 14.0. The Kier molecular flexibility index (Phi) is 6.99. The van der Waals surface area contributed by atoms with Gasteiger partial charge in [0.25, 0.3) is 5.91 Å². The summed E-state index contributed by atoms with van der Waals surface area (Å²) in [5.74, 6) is 0.713. The number of aromatic nitrogens is 1. The number of carbonyl (C=O) groups is 1. The van der Waals surface area contributed by atoms with Crippen LogP contribution in [0.1, 0.15) is 29.3 Å². The van der Waals surface area contributed by atoms with Gasteiger partial charge in [-0.2, -0.15) is 0 Å². The second-order valence-corrected chi connectivity index (χ2v) is 6.86. The molecule has 7 nitrogen and oxygen atoms in total. The van der Waals surface area contributed by atoms with E-state index in [9.17, 15) is 9.18 Å². The first-order chi connectivity index (χ1) is 14.1. The number of pyridine rings is 1. The fraction of sp³-hybridized carbons (Fsp3) is 0.381. The Bertz CT molecular complexity index is 855. The highest BCUT2D eigenvalue weighted by Crippen LogP contribution is 2.20. The minimum atomic E-state index is -0.297. The number of benzene rings is 1. The Labute approximate surface area is 170 Å². The molecule has 0 aliphatic carbocycles. The van der Waals surface area contributed by atoms with Gasteiger partial charge < -0.3 is 20.9 Å². The summed E-state index contributed by atoms with van der Waals surface area (Å²) in [5, 5.41) is 9.29. The van der Waals surface area contributed by atoms with Gasteiger partial charge in [0.2, 0.25) is 0 Å². The van der Waals surface area contributed by atoms with Gasteiger partial charge in [-0.3, -0.25) is 4.79 Å². The molecular weight excluding hydrogens is 371 g/mol. The summed E-state index contributed by atoms with van der Waals surface area (Å²) in [6.07, 6.45) is 2.49. The van der Waals surface area contributed by atoms with E-state index in [0.717, 1.165) is 31.0 Å². The van der Waals surface area contributed by atoms with Crippen LogP contribution >= 0.6 is 0 Å². The van der Waals surface area contributed by atoms with E-state index >= 15 is 0 Å². The van der Waals surface area contributed by atoms with E-state index in [2.05, 4.69) is 25.9 Å². The van der Waals surface area contributed by atoms with Crippen LogP contribution in [-0.2, 0) is 6.54 Å². The molecule has 1 aromatic heterocycles. The maximum atomic E-state index is 14.0. The fourth-order valence-electron chi connectivity index (χ4n) is 3.27. The molecule has 1 aliphatic rings. The van der Waals surface area contributed by atoms with Crippen molar-refractivity contribution in [3.05, 3.63) is 59.5 Å². The maximum Gasteiger partial charge on any atom is 0.251 e. The van der Waals surface area contributed by atoms with Gasteiger partial charge in [-0.1, -0.05) is 12.1 Å². The molecule has 0 saturated carbocycles. The lowest BCUT2D eigenvalue weighted by Gasteiger charge is -2.20. The Morgan fingerprint density at radius 1 is 1.31 bits per heavy atom. The van der Waals surface area contributed by atoms with E-state index in [0.29, 0.717) is 24.5 Å². The van der Waals surface area contributed by atoms with Gasteiger partial charge in [-0.05, 0) is 43.2 Å². The summed E-state index contributed by atoms with van der Waals surface area (Å²) in [5.41, 5.74) is 1.64. The zero-order chi connectivity index (χ0) is 20.6. The molecule has 8 heteroatoms. The van der Waals surface area contributed by atoms with Gasteiger partial charge in [0.15, 0.2) is 17.6 Å². The third-order valence-electron chi connectivity index (χ3n) is 4.77. The third kappa shape index (κ3) is 5.43. The average molecular weight is 398 g/mol. The van der Waals surface area contributed by atoms with Gasteiger partial charge in [0.1, 0.15) is 0 Å². The molecule has 1 atom stereocenters. The Morgan fingerprint density at radius 2 is 2.10 bits per heavy atom. The first kappa shape index (κ1) is 20.6. The second-order valence-electron chi connectivity index (χ2n) is 6.86. The van der Waals surface area contributed by atoms with Crippen LogP contribution < -0.4 is 20.9 Å². The van der Waals surface area contributed by atoms with E-state index in [1.54, 1.807) is 31.4 Å². The van der Waals surface area contributed by atoms with Crippen LogP contribution in [-0.4, -0.2) is 49.6 Å². The largest absolute Gasteiger partial charge is 0.357 e. The number of aliphatic imine (C=N–C) groups is 1. The Morgan fingerprint density at radius 3 is 2.79 bits per heavy atom. The van der Waals surface area contributed by atoms with E-state index in [1.807, 2.05) is 24.0 Å². The van der Waals surface area contributed by atoms with E-state index < -0.39 is 0 Å². The van der Waals surface area contributed by atoms with Gasteiger partial charge in [0, 0.05) is 44.5 Å². The van der Waals surface area contributed by atoms with Crippen molar-refractivity contribution in [1.29, 1.82) is 0 Å². The summed E-state index contributed by atoms with van der Waals surface area (Å²) in [6.45, 7) is 4.66. The molecule has 0 spiro atoms. The topological polar surface area (TPSA) is 81.6 Å². The van der Waals surface area contributed by atoms with Crippen LogP contribution in [0.3, 0.4) is 0 Å². The van der Waals surface area contributed by atoms with E-state index in [4.69, 9.17) is 0 Å². The highest BCUT2D eigenvalue weighted by Gasteiger charge is 2.25. The molecule has 2 heterocycles. The van der Waals surface area contributed by atoms with Crippen molar-refractivity contribution in [2.24, 2.45) is 4.99 Å². The molecule has 1 amide bonds. The lowest BCUT2D eigenvalue weighted by atomic mass is 10.1. The monoisotopic (exact) mass is 398 g/mol. The molecule has 2 aromatic rings. The van der Waals surface area contributed by atoms with Gasteiger partial charge in [-0.25, -0.2) is 14.4 Å². The van der Waals surface area contributed by atoms with Crippen molar-refractivity contribution in [3.8, 4) is 0 Å². The first-order valence-corrected chi connectivity index (χ1v) is 9.82. The zero-order valence-electron chi connectivity index (χ0n) is 16.8. The average Bonchev–Trinajstić information content (AvgIpc) is 3.20. The van der Waals surface area contributed by atoms with Crippen molar-refractivity contribution in [2.45, 2.75) is 25.9 Å². The predicted molar refractivity (Wildman–Crippen MR) is 113 cm³/mol. The quantitative estimate of drug-likeness (QED) is 0.512. The molecule has 1 saturated heterocycles. The van der Waals surface area contributed by atoms with Crippen LogP contribution in [0.25, 0.3) is 0 Å². The second kappa shape index (κ2) is 9.86. The lowest BCUT2D eigenvalue weighted by Crippen LogP contribution is -2.44. The fourth-order valence-corrected chi connectivity index (χ4v) is 3.27. The summed E-state index contributed by atoms with van der Waals surface area (Å²) in [7, 11) is 1.61. The number of hydrogen-bond donors (Lipinski definition) is 3. The van der Waals surface area contributed by atoms with Crippen LogP contribution in [0.15, 0.2) is 47.6 Å². The highest BCUT2D eigenvalue weighted by atomic mass is 19.1. The number of guanidine groups is 1. The molecular formula is C21H27FN6O. The molecule has 154 valence electrons. The first-order valence-electron chi connectivity index (χ1n) is 9.82. The number of nitrogens with zero attached hydrogens (tertiary/aromatic N) is 3. The van der Waals surface area contributed by atoms with Crippen molar-refractivity contribution >= 4 is 17.7 Å². The van der Waals surface area contributed by atoms with Crippen LogP contribution in [0.5, 0.6) is 0 Å². The van der Waals surface area contributed by atoms with Gasteiger partial charge >= 0.3 is 0 Å². The molecule has 1 aliphatic heterocycles. The SMILES string of the molecule is CCNC(=NCc1ccc(C(=O)NC)cc1)NC1CCN(c2ncccc2F)C1. The Hall–Kier alpha value is -3.16. The number of amides is 1. The summed E-state index contributed by atoms with van der Waals surface area (Å²) >= 11 is 0. The minimum Gasteiger partial charge on any atom is -0.357 e. The molecule has 1 fully saturated rings. The smallest absolute Gasteiger partial charge is 0.251 e. The number of hydrogen-bond acceptors (Lipinski definition) is 4. The molecule has 3 rings (SSSR count). The van der Waals surface area contributed by atoms with Crippen LogP contribution in [0.2, 0.25) is 0 Å². The normalized spacial score (nSPS) is 16.6. The molecule has 0 bridgehead atoms. The summed E-state index contributed by atoms with van der Waals surface area (Å²) < 4.78 is 14.0. The van der Waals surface area contributed by atoms with Crippen molar-refractivity contribution in [1.82, 2.24) is 20.9 Å². The molecule has 1 unspecified atom stereocenters. The number of carbonyl (C=O) groups excluding carboxylic acids is 1. The number of nitrogens with one attached hydrogen (secondary N) is 3. The van der Waals surface area contributed by atoms with Crippen molar-refractivity contribution in [3.63, 3.8) is 0 Å². The minimum absolute atomic E-state index is 0.106. The predicted octanol–water partition coefficient (Wildman–Crippen LogP) is 1.91. The third-order valence-corrected chi connectivity index (χ3v) is 4.77. The number of anilines is 1. The molecule has 1 aromatic carbocycles. The van der Waals surface area contributed by atoms with Gasteiger partial charge in [0.05, 0.1) is 6.54 Å². The molecule has 3 N–H and O–H groups in total. The molecule has 29 heavy (non-hydrogen) atoms. The van der Waals surface area contributed by atoms with Crippen molar-refractivity contribution in [2.75, 3.05) is 31.6 Å². The van der Waals surface area contributed by atoms with Gasteiger partial charge in [-0.15, -0.1) is 0 Å². The van der Waals surface area contributed by atoms with Crippen molar-refractivity contribution < 1.29 is 9.18 Å². The Balaban J connectivity index is 1.60. The zero-order valence-corrected chi connectivity index (χ0v) is 16.8. The summed E-state index contributed by atoms with van der Waals surface area (Å²) in [4.78, 5) is 22.4. The van der Waals surface area contributed by atoms with Crippen LogP contribution in [0.4, 0.5) is 10.2 Å². The van der Waals surface area contributed by atoms with Crippen LogP contribution in [0, 0.1) is 5.82 Å². The lowest BCUT2D eigenvalue weighted by molar-refractivity contribution is 0.0963. The number of halogens is 1. The summed E-state index contributed by atoms with van der Waals surface area (Å²) in [6, 6.07) is 10.6. The highest BCUT2D eigenvalue weighted by molar-refractivity contribution is 5.93. The standard InChI is InChI=1S/C21H27FN6O/c1-3-24-21(26-13-15-6-8-16(9-7-15)20(29)23-2)27-17-10-12-28(14-17)19-18(22)5-4-11-25-19/h4-9,11,17H,3,10,12-14H2,1-2H3,(H,23,29)(H2,24,26,27).